The molecule has 0 aromatic rings. The average molecular weight is 264 g/mol. The normalized spacial score (nSPS) is 25.7. The highest BCUT2D eigenvalue weighted by molar-refractivity contribution is 5.67. The summed E-state index contributed by atoms with van der Waals surface area (Å²) in [6.45, 7) is 5.61. The second kappa shape index (κ2) is 4.99. The summed E-state index contributed by atoms with van der Waals surface area (Å²) in [6, 6.07) is 0. The van der Waals surface area contributed by atoms with E-state index in [0.717, 1.165) is 0 Å². The number of ether oxygens (including phenoxy) is 1. The van der Waals surface area contributed by atoms with Crippen molar-refractivity contribution in [2.24, 2.45) is 11.1 Å². The van der Waals surface area contributed by atoms with E-state index in [9.17, 15) is 13.6 Å². The maximum atomic E-state index is 13.1. The lowest BCUT2D eigenvalue weighted by Crippen LogP contribution is -2.33. The fourth-order valence-corrected chi connectivity index (χ4v) is 1.91. The Morgan fingerprint density at radius 3 is 2.39 bits per heavy atom. The van der Waals surface area contributed by atoms with Crippen LogP contribution in [0.5, 0.6) is 0 Å². The number of rotatable bonds is 5. The van der Waals surface area contributed by atoms with Crippen LogP contribution in [0.15, 0.2) is 0 Å². The highest BCUT2D eigenvalue weighted by Crippen LogP contribution is 2.62. The van der Waals surface area contributed by atoms with Crippen LogP contribution in [0.25, 0.3) is 0 Å². The van der Waals surface area contributed by atoms with E-state index in [0.29, 0.717) is 19.4 Å². The van der Waals surface area contributed by atoms with E-state index < -0.39 is 23.0 Å². The number of nitrogens with two attached hydrogens (primary N) is 1. The standard InChI is InChI=1S/C12H22F2N2O2/c1-10(2,3)18-9(17)16-6-4-5-11(8-15)7-12(11,13)14/h4-8,15H2,1-3H3,(H,16,17). The maximum Gasteiger partial charge on any atom is 0.407 e. The van der Waals surface area contributed by atoms with Gasteiger partial charge in [0, 0.05) is 19.5 Å². The lowest BCUT2D eigenvalue weighted by Gasteiger charge is -2.20. The number of hydrogen-bond donors (Lipinski definition) is 2. The van der Waals surface area contributed by atoms with Gasteiger partial charge in [-0.25, -0.2) is 13.6 Å². The molecular weight excluding hydrogens is 242 g/mol. The second-order valence-electron chi connectivity index (χ2n) is 5.90. The number of nitrogens with one attached hydrogen (secondary N) is 1. The molecule has 0 radical (unpaired) electrons. The first-order chi connectivity index (χ1) is 8.12. The summed E-state index contributed by atoms with van der Waals surface area (Å²) in [5.74, 6) is -2.63. The number of hydrogen-bond acceptors (Lipinski definition) is 3. The molecule has 1 atom stereocenters. The van der Waals surface area contributed by atoms with Crippen LogP contribution in [-0.4, -0.2) is 30.7 Å². The molecule has 1 unspecified atom stereocenters. The van der Waals surface area contributed by atoms with Crippen LogP contribution >= 0.6 is 0 Å². The van der Waals surface area contributed by atoms with Crippen molar-refractivity contribution in [1.82, 2.24) is 5.32 Å². The molecule has 18 heavy (non-hydrogen) atoms. The van der Waals surface area contributed by atoms with Crippen LogP contribution in [0.4, 0.5) is 13.6 Å². The highest BCUT2D eigenvalue weighted by Gasteiger charge is 2.69. The summed E-state index contributed by atoms with van der Waals surface area (Å²) in [5, 5.41) is 2.54. The maximum absolute atomic E-state index is 13.1. The zero-order valence-electron chi connectivity index (χ0n) is 11.2. The minimum absolute atomic E-state index is 0.00750. The zero-order valence-corrected chi connectivity index (χ0v) is 11.2. The molecule has 0 heterocycles. The fraction of sp³-hybridized carbons (Fsp3) is 0.917. The van der Waals surface area contributed by atoms with Crippen LogP contribution in [0.3, 0.4) is 0 Å². The van der Waals surface area contributed by atoms with Gasteiger partial charge in [-0.15, -0.1) is 0 Å². The van der Waals surface area contributed by atoms with Gasteiger partial charge in [-0.05, 0) is 33.6 Å². The summed E-state index contributed by atoms with van der Waals surface area (Å²) in [6.07, 6.45) is 0.146. The van der Waals surface area contributed by atoms with Gasteiger partial charge in [-0.1, -0.05) is 0 Å². The van der Waals surface area contributed by atoms with E-state index in [-0.39, 0.29) is 13.0 Å². The van der Waals surface area contributed by atoms with E-state index in [1.165, 1.54) is 0 Å². The molecule has 1 saturated carbocycles. The Labute approximate surface area is 106 Å². The van der Waals surface area contributed by atoms with Crippen LogP contribution < -0.4 is 11.1 Å². The molecule has 0 aliphatic heterocycles. The Morgan fingerprint density at radius 2 is 2.00 bits per heavy atom. The van der Waals surface area contributed by atoms with E-state index in [1.807, 2.05) is 0 Å². The summed E-state index contributed by atoms with van der Waals surface area (Å²) < 4.78 is 31.2. The van der Waals surface area contributed by atoms with Crippen LogP contribution in [-0.2, 0) is 4.74 Å². The van der Waals surface area contributed by atoms with Crippen molar-refractivity contribution in [3.8, 4) is 0 Å². The van der Waals surface area contributed by atoms with Gasteiger partial charge in [0.2, 0.25) is 0 Å². The lowest BCUT2D eigenvalue weighted by atomic mass is 10.00. The van der Waals surface area contributed by atoms with E-state index >= 15 is 0 Å². The highest BCUT2D eigenvalue weighted by atomic mass is 19.3. The van der Waals surface area contributed by atoms with Gasteiger partial charge < -0.3 is 15.8 Å². The molecule has 4 nitrogen and oxygen atoms in total. The molecule has 0 aromatic heterocycles. The lowest BCUT2D eigenvalue weighted by molar-refractivity contribution is 0.0518. The first-order valence-corrected chi connectivity index (χ1v) is 6.17. The minimum atomic E-state index is -2.63. The molecule has 0 aromatic carbocycles. The Morgan fingerprint density at radius 1 is 1.44 bits per heavy atom. The quantitative estimate of drug-likeness (QED) is 0.749. The molecule has 0 saturated heterocycles. The van der Waals surface area contributed by atoms with E-state index in [4.69, 9.17) is 10.5 Å². The SMILES string of the molecule is CC(C)(C)OC(=O)NCCCC1(CN)CC1(F)F. The molecule has 0 spiro atoms. The number of carbonyl (C=O) groups excluding carboxylic acids is 1. The van der Waals surface area contributed by atoms with Gasteiger partial charge in [-0.3, -0.25) is 0 Å². The molecule has 1 aliphatic rings. The predicted octanol–water partition coefficient (Wildman–Crippen LogP) is 2.28. The third kappa shape index (κ3) is 3.80. The third-order valence-corrected chi connectivity index (χ3v) is 3.10. The van der Waals surface area contributed by atoms with Gasteiger partial charge in [0.05, 0.1) is 5.41 Å². The van der Waals surface area contributed by atoms with E-state index in [1.54, 1.807) is 20.8 Å². The van der Waals surface area contributed by atoms with Crippen molar-refractivity contribution >= 4 is 6.09 Å². The number of alkyl halides is 2. The smallest absolute Gasteiger partial charge is 0.407 e. The number of carbonyl (C=O) groups is 1. The average Bonchev–Trinajstić information content (AvgIpc) is 2.74. The van der Waals surface area contributed by atoms with Crippen molar-refractivity contribution in [1.29, 1.82) is 0 Å². The largest absolute Gasteiger partial charge is 0.444 e. The summed E-state index contributed by atoms with van der Waals surface area (Å²) >= 11 is 0. The number of halogens is 2. The molecular formula is C12H22F2N2O2. The molecule has 1 rings (SSSR count). The first kappa shape index (κ1) is 15.1. The summed E-state index contributed by atoms with van der Waals surface area (Å²) in [5.41, 5.74) is 3.79. The van der Waals surface area contributed by atoms with Crippen molar-refractivity contribution in [3.05, 3.63) is 0 Å². The van der Waals surface area contributed by atoms with Crippen LogP contribution in [0.1, 0.15) is 40.0 Å². The monoisotopic (exact) mass is 264 g/mol. The van der Waals surface area contributed by atoms with Crippen molar-refractivity contribution in [3.63, 3.8) is 0 Å². The van der Waals surface area contributed by atoms with Gasteiger partial charge in [0.15, 0.2) is 0 Å². The molecule has 1 aliphatic carbocycles. The Hall–Kier alpha value is -0.910. The van der Waals surface area contributed by atoms with Crippen molar-refractivity contribution in [2.75, 3.05) is 13.1 Å². The molecule has 1 amide bonds. The molecule has 3 N–H and O–H groups in total. The number of alkyl carbamates (subject to hydrolysis) is 1. The van der Waals surface area contributed by atoms with Gasteiger partial charge >= 0.3 is 6.09 Å². The fourth-order valence-electron chi connectivity index (χ4n) is 1.91. The van der Waals surface area contributed by atoms with Gasteiger partial charge in [-0.2, -0.15) is 0 Å². The molecule has 1 fully saturated rings. The van der Waals surface area contributed by atoms with Gasteiger partial charge in [0.25, 0.3) is 5.92 Å². The summed E-state index contributed by atoms with van der Waals surface area (Å²) in [7, 11) is 0. The first-order valence-electron chi connectivity index (χ1n) is 6.17. The van der Waals surface area contributed by atoms with Gasteiger partial charge in [0.1, 0.15) is 5.60 Å². The van der Waals surface area contributed by atoms with Crippen LogP contribution in [0, 0.1) is 5.41 Å². The Bertz CT molecular complexity index is 316. The predicted molar refractivity (Wildman–Crippen MR) is 64.5 cm³/mol. The molecule has 0 bridgehead atoms. The van der Waals surface area contributed by atoms with E-state index in [2.05, 4.69) is 5.32 Å². The molecule has 6 heteroatoms. The Kier molecular flexibility index (Phi) is 4.20. The third-order valence-electron chi connectivity index (χ3n) is 3.10. The zero-order chi connectivity index (χ0) is 14.0. The van der Waals surface area contributed by atoms with Crippen molar-refractivity contribution < 1.29 is 18.3 Å². The summed E-state index contributed by atoms with van der Waals surface area (Å²) in [4.78, 5) is 11.3. The molecule has 106 valence electrons. The van der Waals surface area contributed by atoms with Crippen LogP contribution in [0.2, 0.25) is 0 Å². The minimum Gasteiger partial charge on any atom is -0.444 e. The van der Waals surface area contributed by atoms with Crippen molar-refractivity contribution in [2.45, 2.75) is 51.6 Å². The number of amides is 1. The second-order valence-corrected chi connectivity index (χ2v) is 5.90. The topological polar surface area (TPSA) is 64.3 Å². The Balaban J connectivity index is 2.18.